The molecule has 0 bridgehead atoms. The maximum absolute atomic E-state index is 13.9. The second-order valence-electron chi connectivity index (χ2n) is 9.24. The van der Waals surface area contributed by atoms with E-state index in [1.54, 1.807) is 35.8 Å². The number of halogens is 1. The SMILES string of the molecule is CCCC1=C(C(=O)OCC)C(c2ccc3c(c2)OCO3)n2c(s/c(=C\c3ccc(-c4ccc(Cl)cc4)o3)c2=O)=N1. The number of carbonyl (C=O) groups is 1. The van der Waals surface area contributed by atoms with Crippen molar-refractivity contribution in [1.29, 1.82) is 0 Å². The number of ether oxygens (including phenoxy) is 3. The van der Waals surface area contributed by atoms with Gasteiger partial charge in [0, 0.05) is 16.7 Å². The summed E-state index contributed by atoms with van der Waals surface area (Å²) in [6.07, 6.45) is 3.03. The molecule has 0 radical (unpaired) electrons. The third-order valence-corrected chi connectivity index (χ3v) is 7.87. The highest BCUT2D eigenvalue weighted by molar-refractivity contribution is 7.07. The Kier molecular flexibility index (Phi) is 7.08. The zero-order chi connectivity index (χ0) is 27.8. The van der Waals surface area contributed by atoms with E-state index < -0.39 is 12.0 Å². The molecule has 0 fully saturated rings. The molecule has 4 heterocycles. The lowest BCUT2D eigenvalue weighted by Crippen LogP contribution is -2.40. The highest BCUT2D eigenvalue weighted by Gasteiger charge is 2.35. The predicted molar refractivity (Wildman–Crippen MR) is 151 cm³/mol. The number of esters is 1. The Hall–Kier alpha value is -4.08. The van der Waals surface area contributed by atoms with Crippen molar-refractivity contribution in [3.8, 4) is 22.8 Å². The lowest BCUT2D eigenvalue weighted by molar-refractivity contribution is -0.139. The van der Waals surface area contributed by atoms with Crippen molar-refractivity contribution in [2.45, 2.75) is 32.7 Å². The summed E-state index contributed by atoms with van der Waals surface area (Å²) < 4.78 is 24.6. The van der Waals surface area contributed by atoms with Gasteiger partial charge in [-0.3, -0.25) is 9.36 Å². The highest BCUT2D eigenvalue weighted by Crippen LogP contribution is 2.39. The molecule has 0 N–H and O–H groups in total. The molecule has 1 atom stereocenters. The first kappa shape index (κ1) is 26.2. The van der Waals surface area contributed by atoms with Crippen LogP contribution >= 0.6 is 22.9 Å². The van der Waals surface area contributed by atoms with Gasteiger partial charge in [-0.25, -0.2) is 9.79 Å². The second-order valence-corrected chi connectivity index (χ2v) is 10.7. The summed E-state index contributed by atoms with van der Waals surface area (Å²) >= 11 is 7.27. The van der Waals surface area contributed by atoms with E-state index in [1.807, 2.05) is 43.3 Å². The number of nitrogens with zero attached hydrogens (tertiary/aromatic N) is 2. The summed E-state index contributed by atoms with van der Waals surface area (Å²) in [5, 5.41) is 0.637. The number of hydrogen-bond acceptors (Lipinski definition) is 8. The fourth-order valence-corrected chi connectivity index (χ4v) is 5.97. The largest absolute Gasteiger partial charge is 0.463 e. The van der Waals surface area contributed by atoms with Gasteiger partial charge in [-0.15, -0.1) is 0 Å². The Balaban J connectivity index is 1.50. The van der Waals surface area contributed by atoms with Gasteiger partial charge >= 0.3 is 5.97 Å². The van der Waals surface area contributed by atoms with E-state index in [9.17, 15) is 9.59 Å². The Morgan fingerprint density at radius 1 is 1.12 bits per heavy atom. The van der Waals surface area contributed by atoms with Crippen molar-refractivity contribution < 1.29 is 23.4 Å². The van der Waals surface area contributed by atoms with Gasteiger partial charge in [-0.1, -0.05) is 42.3 Å². The van der Waals surface area contributed by atoms with Crippen molar-refractivity contribution >= 4 is 35.0 Å². The molecule has 1 unspecified atom stereocenters. The molecule has 204 valence electrons. The number of thiazole rings is 1. The molecule has 4 aromatic rings. The minimum Gasteiger partial charge on any atom is -0.463 e. The summed E-state index contributed by atoms with van der Waals surface area (Å²) in [6.45, 7) is 4.09. The van der Waals surface area contributed by atoms with Crippen molar-refractivity contribution in [3.05, 3.63) is 102 Å². The molecule has 2 aromatic heterocycles. The Morgan fingerprint density at radius 2 is 1.93 bits per heavy atom. The quantitative estimate of drug-likeness (QED) is 0.280. The van der Waals surface area contributed by atoms with Crippen LogP contribution in [-0.2, 0) is 9.53 Å². The summed E-state index contributed by atoms with van der Waals surface area (Å²) in [4.78, 5) is 32.6. The summed E-state index contributed by atoms with van der Waals surface area (Å²) in [5.74, 6) is 1.85. The molecule has 0 aliphatic carbocycles. The van der Waals surface area contributed by atoms with Gasteiger partial charge in [-0.05, 0) is 67.4 Å². The third kappa shape index (κ3) is 4.76. The van der Waals surface area contributed by atoms with E-state index in [0.29, 0.717) is 60.6 Å². The Bertz CT molecular complexity index is 1820. The molecule has 8 nitrogen and oxygen atoms in total. The smallest absolute Gasteiger partial charge is 0.338 e. The van der Waals surface area contributed by atoms with Crippen molar-refractivity contribution in [1.82, 2.24) is 4.57 Å². The molecule has 6 rings (SSSR count). The van der Waals surface area contributed by atoms with Crippen LogP contribution in [-0.4, -0.2) is 23.9 Å². The predicted octanol–water partition coefficient (Wildman–Crippen LogP) is 5.22. The first-order valence-corrected chi connectivity index (χ1v) is 14.1. The number of carbonyl (C=O) groups excluding carboxylic acids is 1. The fourth-order valence-electron chi connectivity index (χ4n) is 4.85. The monoisotopic (exact) mass is 576 g/mol. The number of hydrogen-bond donors (Lipinski definition) is 0. The number of aromatic nitrogens is 1. The molecule has 0 saturated heterocycles. The van der Waals surface area contributed by atoms with E-state index in [-0.39, 0.29) is 19.0 Å². The van der Waals surface area contributed by atoms with Gasteiger partial charge < -0.3 is 18.6 Å². The molecular formula is C30H25ClN2O6S. The zero-order valence-electron chi connectivity index (χ0n) is 21.8. The van der Waals surface area contributed by atoms with E-state index in [4.69, 9.17) is 35.2 Å². The van der Waals surface area contributed by atoms with Gasteiger partial charge in [-0.2, -0.15) is 0 Å². The van der Waals surface area contributed by atoms with Crippen LogP contribution in [0.5, 0.6) is 11.5 Å². The van der Waals surface area contributed by atoms with Gasteiger partial charge in [0.1, 0.15) is 11.5 Å². The van der Waals surface area contributed by atoms with Crippen LogP contribution in [0.3, 0.4) is 0 Å². The topological polar surface area (TPSA) is 92.3 Å². The highest BCUT2D eigenvalue weighted by atomic mass is 35.5. The Labute approximate surface area is 238 Å². The van der Waals surface area contributed by atoms with Gasteiger partial charge in [0.25, 0.3) is 5.56 Å². The third-order valence-electron chi connectivity index (χ3n) is 6.63. The van der Waals surface area contributed by atoms with E-state index >= 15 is 0 Å². The Morgan fingerprint density at radius 3 is 2.70 bits per heavy atom. The van der Waals surface area contributed by atoms with E-state index in [1.165, 1.54) is 11.3 Å². The number of fused-ring (bicyclic) bond motifs is 2. The molecule has 2 aliphatic heterocycles. The normalized spacial score (nSPS) is 16.2. The van der Waals surface area contributed by atoms with Gasteiger partial charge in [0.2, 0.25) is 6.79 Å². The van der Waals surface area contributed by atoms with Crippen LogP contribution in [0.25, 0.3) is 17.4 Å². The van der Waals surface area contributed by atoms with Gasteiger partial charge in [0.05, 0.1) is 28.5 Å². The molecule has 2 aliphatic rings. The molecular weight excluding hydrogens is 552 g/mol. The minimum atomic E-state index is -0.741. The summed E-state index contributed by atoms with van der Waals surface area (Å²) in [7, 11) is 0. The lowest BCUT2D eigenvalue weighted by atomic mass is 9.94. The van der Waals surface area contributed by atoms with Crippen LogP contribution in [0, 0.1) is 0 Å². The molecule has 0 spiro atoms. The summed E-state index contributed by atoms with van der Waals surface area (Å²) in [6, 6.07) is 15.7. The van der Waals surface area contributed by atoms with E-state index in [0.717, 1.165) is 12.0 Å². The standard InChI is InChI=1S/C30H25ClN2O6S/c1-3-5-21-26(29(35)36-4-2)27(18-8-12-23-24(14-18)38-16-37-23)33-28(34)25(40-30(33)32-21)15-20-11-13-22(39-20)17-6-9-19(31)10-7-17/h6-15,27H,3-5,16H2,1-2H3/b25-15-. The number of furan rings is 1. The molecule has 0 amide bonds. The van der Waals surface area contributed by atoms with Crippen LogP contribution in [0.2, 0.25) is 5.02 Å². The second kappa shape index (κ2) is 10.8. The molecule has 40 heavy (non-hydrogen) atoms. The zero-order valence-corrected chi connectivity index (χ0v) is 23.4. The molecule has 2 aromatic carbocycles. The number of benzene rings is 2. The molecule has 0 saturated carbocycles. The minimum absolute atomic E-state index is 0.115. The maximum atomic E-state index is 13.9. The average molecular weight is 577 g/mol. The lowest BCUT2D eigenvalue weighted by Gasteiger charge is -2.25. The maximum Gasteiger partial charge on any atom is 0.338 e. The van der Waals surface area contributed by atoms with Crippen LogP contribution < -0.4 is 24.4 Å². The molecule has 10 heteroatoms. The van der Waals surface area contributed by atoms with Gasteiger partial charge in [0.15, 0.2) is 16.3 Å². The number of allylic oxidation sites excluding steroid dienone is 1. The van der Waals surface area contributed by atoms with Crippen LogP contribution in [0.4, 0.5) is 0 Å². The first-order valence-electron chi connectivity index (χ1n) is 12.9. The first-order chi connectivity index (χ1) is 19.5. The van der Waals surface area contributed by atoms with Crippen molar-refractivity contribution in [2.24, 2.45) is 4.99 Å². The average Bonchev–Trinajstić information content (AvgIpc) is 3.68. The van der Waals surface area contributed by atoms with E-state index in [2.05, 4.69) is 0 Å². The van der Waals surface area contributed by atoms with Crippen LogP contribution in [0.15, 0.2) is 80.1 Å². The fraction of sp³-hybridized carbons (Fsp3) is 0.233. The van der Waals surface area contributed by atoms with Crippen molar-refractivity contribution in [2.75, 3.05) is 13.4 Å². The van der Waals surface area contributed by atoms with Crippen molar-refractivity contribution in [3.63, 3.8) is 0 Å². The van der Waals surface area contributed by atoms with Crippen LogP contribution in [0.1, 0.15) is 44.1 Å². The summed E-state index contributed by atoms with van der Waals surface area (Å²) in [5.41, 5.74) is 2.25. The number of rotatable bonds is 7.